The molecule has 2 heterocycles. The summed E-state index contributed by atoms with van der Waals surface area (Å²) in [4.78, 5) is 24.9. The molecule has 0 aliphatic heterocycles. The number of hydrogen-bond donors (Lipinski definition) is 1. The van der Waals surface area contributed by atoms with Crippen LogP contribution in [0, 0.1) is 0 Å². The van der Waals surface area contributed by atoms with Gasteiger partial charge >= 0.3 is 5.69 Å². The molecule has 3 aromatic rings. The van der Waals surface area contributed by atoms with Crippen LogP contribution in [0.2, 0.25) is 0 Å². The number of nitrogens with zero attached hydrogens (tertiary/aromatic N) is 4. The Morgan fingerprint density at radius 2 is 2.00 bits per heavy atom. The molecule has 8 nitrogen and oxygen atoms in total. The van der Waals surface area contributed by atoms with Crippen LogP contribution in [0.1, 0.15) is 20.8 Å². The highest BCUT2D eigenvalue weighted by Gasteiger charge is 2.14. The maximum Gasteiger partial charge on any atom is 0.367 e. The number of para-hydroxylation sites is 2. The third-order valence-electron chi connectivity index (χ3n) is 3.53. The average Bonchev–Trinajstić information content (AvgIpc) is 2.92. The summed E-state index contributed by atoms with van der Waals surface area (Å²) < 4.78 is 7.81. The van der Waals surface area contributed by atoms with Gasteiger partial charge in [-0.05, 0) is 31.2 Å². The molecule has 0 saturated heterocycles. The summed E-state index contributed by atoms with van der Waals surface area (Å²) >= 11 is 1.55. The summed E-state index contributed by atoms with van der Waals surface area (Å²) in [6, 6.07) is 10.7. The Balaban J connectivity index is 1.79. The molecule has 9 heteroatoms. The molecule has 3 rings (SSSR count). The van der Waals surface area contributed by atoms with E-state index in [0.29, 0.717) is 28.9 Å². The van der Waals surface area contributed by atoms with Gasteiger partial charge in [0.15, 0.2) is 5.65 Å². The highest BCUT2D eigenvalue weighted by atomic mass is 32.2. The van der Waals surface area contributed by atoms with Crippen LogP contribution in [0.15, 0.2) is 46.2 Å². The first-order valence-electron chi connectivity index (χ1n) is 8.63. The number of rotatable bonds is 7. The molecule has 1 amide bonds. The molecule has 0 radical (unpaired) electrons. The van der Waals surface area contributed by atoms with E-state index in [1.165, 1.54) is 4.52 Å². The van der Waals surface area contributed by atoms with Crippen molar-refractivity contribution >= 4 is 29.0 Å². The number of amides is 1. The van der Waals surface area contributed by atoms with E-state index >= 15 is 0 Å². The van der Waals surface area contributed by atoms with Gasteiger partial charge in [0.05, 0.1) is 12.3 Å². The normalized spacial score (nSPS) is 11.1. The van der Waals surface area contributed by atoms with Crippen LogP contribution in [-0.2, 0) is 11.3 Å². The molecule has 142 valence electrons. The van der Waals surface area contributed by atoms with Crippen molar-refractivity contribution in [3.05, 3.63) is 46.9 Å². The molecule has 0 aliphatic carbocycles. The van der Waals surface area contributed by atoms with Crippen LogP contribution >= 0.6 is 11.8 Å². The van der Waals surface area contributed by atoms with Crippen LogP contribution in [0.5, 0.6) is 5.75 Å². The van der Waals surface area contributed by atoms with Crippen molar-refractivity contribution in [2.45, 2.75) is 37.6 Å². The predicted octanol–water partition coefficient (Wildman–Crippen LogP) is 2.43. The molecule has 1 N–H and O–H groups in total. The number of carbonyl (C=O) groups is 1. The maximum atomic E-state index is 12.5. The van der Waals surface area contributed by atoms with E-state index in [9.17, 15) is 9.59 Å². The van der Waals surface area contributed by atoms with E-state index in [4.69, 9.17) is 4.74 Å². The number of nitrogens with one attached hydrogen (secondary N) is 1. The lowest BCUT2D eigenvalue weighted by Gasteiger charge is -2.10. The lowest BCUT2D eigenvalue weighted by molar-refractivity contribution is -0.117. The van der Waals surface area contributed by atoms with E-state index in [2.05, 4.69) is 15.5 Å². The first-order valence-corrected chi connectivity index (χ1v) is 9.51. The molecule has 0 atom stereocenters. The van der Waals surface area contributed by atoms with E-state index in [1.54, 1.807) is 36.0 Å². The molecular formula is C18H21N5O3S. The second kappa shape index (κ2) is 8.26. The lowest BCUT2D eigenvalue weighted by atomic mass is 10.3. The van der Waals surface area contributed by atoms with Crippen molar-refractivity contribution in [2.24, 2.45) is 0 Å². The van der Waals surface area contributed by atoms with Gasteiger partial charge in [-0.1, -0.05) is 26.0 Å². The lowest BCUT2D eigenvalue weighted by Crippen LogP contribution is -2.29. The molecule has 0 saturated carbocycles. The third-order valence-corrected chi connectivity index (χ3v) is 4.46. The van der Waals surface area contributed by atoms with Gasteiger partial charge in [0.1, 0.15) is 17.3 Å². The summed E-state index contributed by atoms with van der Waals surface area (Å²) in [7, 11) is 0. The minimum atomic E-state index is -0.454. The Bertz CT molecular complexity index is 1010. The number of fused-ring (bicyclic) bond motifs is 1. The van der Waals surface area contributed by atoms with Gasteiger partial charge in [-0.15, -0.1) is 16.9 Å². The largest absolute Gasteiger partial charge is 0.492 e. The highest BCUT2D eigenvalue weighted by Crippen LogP contribution is 2.23. The molecule has 2 aromatic heterocycles. The van der Waals surface area contributed by atoms with Gasteiger partial charge in [0.25, 0.3) is 0 Å². The minimum absolute atomic E-state index is 0.213. The number of benzene rings is 1. The van der Waals surface area contributed by atoms with Crippen molar-refractivity contribution in [3.63, 3.8) is 0 Å². The number of anilines is 1. The third kappa shape index (κ3) is 4.48. The summed E-state index contributed by atoms with van der Waals surface area (Å²) in [5.41, 5.74) is 0.495. The highest BCUT2D eigenvalue weighted by molar-refractivity contribution is 7.99. The number of carbonyl (C=O) groups excluding carboxylic acids is 1. The molecule has 0 aliphatic rings. The quantitative estimate of drug-likeness (QED) is 0.626. The number of thioether (sulfide) groups is 1. The second-order valence-electron chi connectivity index (χ2n) is 6.03. The van der Waals surface area contributed by atoms with Crippen LogP contribution in [-0.4, -0.2) is 37.2 Å². The number of hydrogen-bond acceptors (Lipinski definition) is 6. The first-order chi connectivity index (χ1) is 13.0. The van der Waals surface area contributed by atoms with Crippen LogP contribution in [0.3, 0.4) is 0 Å². The summed E-state index contributed by atoms with van der Waals surface area (Å²) in [5, 5.41) is 12.3. The van der Waals surface area contributed by atoms with E-state index in [1.807, 2.05) is 32.9 Å². The predicted molar refractivity (Wildman–Crippen MR) is 104 cm³/mol. The second-order valence-corrected chi connectivity index (χ2v) is 7.62. The van der Waals surface area contributed by atoms with Crippen LogP contribution < -0.4 is 15.7 Å². The van der Waals surface area contributed by atoms with Crippen molar-refractivity contribution in [2.75, 3.05) is 11.9 Å². The zero-order valence-electron chi connectivity index (χ0n) is 15.4. The Morgan fingerprint density at radius 1 is 1.22 bits per heavy atom. The van der Waals surface area contributed by atoms with Gasteiger partial charge < -0.3 is 10.1 Å². The fourth-order valence-corrected chi connectivity index (χ4v) is 3.23. The van der Waals surface area contributed by atoms with Gasteiger partial charge in [0, 0.05) is 5.25 Å². The maximum absolute atomic E-state index is 12.5. The fourth-order valence-electron chi connectivity index (χ4n) is 2.48. The van der Waals surface area contributed by atoms with Gasteiger partial charge in [-0.25, -0.2) is 9.48 Å². The summed E-state index contributed by atoms with van der Waals surface area (Å²) in [6.45, 7) is 6.24. The van der Waals surface area contributed by atoms with E-state index in [-0.39, 0.29) is 12.5 Å². The Kier molecular flexibility index (Phi) is 5.80. The minimum Gasteiger partial charge on any atom is -0.492 e. The molecule has 27 heavy (non-hydrogen) atoms. The van der Waals surface area contributed by atoms with Gasteiger partial charge in [0.2, 0.25) is 5.91 Å². The van der Waals surface area contributed by atoms with Gasteiger partial charge in [-0.2, -0.15) is 9.61 Å². The van der Waals surface area contributed by atoms with Crippen molar-refractivity contribution in [1.82, 2.24) is 19.4 Å². The van der Waals surface area contributed by atoms with Gasteiger partial charge in [-0.3, -0.25) is 4.79 Å². The molecule has 0 unspecified atom stereocenters. The molecule has 0 fully saturated rings. The number of ether oxygens (including phenoxy) is 1. The standard InChI is InChI=1S/C18H21N5O3S/c1-4-26-14-8-6-5-7-13(14)19-16(24)11-22-18(25)23-15(20-22)9-10-17(21-23)27-12(2)3/h5-10,12H,4,11H2,1-3H3,(H,19,24). The first kappa shape index (κ1) is 19.0. The molecule has 1 aromatic carbocycles. The van der Waals surface area contributed by atoms with Crippen molar-refractivity contribution in [1.29, 1.82) is 0 Å². The fraction of sp³-hybridized carbons (Fsp3) is 0.333. The molecule has 0 bridgehead atoms. The SMILES string of the molecule is CCOc1ccccc1NC(=O)Cn1nc2ccc(SC(C)C)nn2c1=O. The zero-order chi connectivity index (χ0) is 19.4. The zero-order valence-corrected chi connectivity index (χ0v) is 16.2. The van der Waals surface area contributed by atoms with Crippen LogP contribution in [0.4, 0.5) is 5.69 Å². The molecule has 0 spiro atoms. The Morgan fingerprint density at radius 3 is 2.74 bits per heavy atom. The monoisotopic (exact) mass is 387 g/mol. The average molecular weight is 387 g/mol. The van der Waals surface area contributed by atoms with E-state index in [0.717, 1.165) is 9.71 Å². The van der Waals surface area contributed by atoms with Crippen LogP contribution in [0.25, 0.3) is 5.65 Å². The van der Waals surface area contributed by atoms with Crippen molar-refractivity contribution in [3.8, 4) is 5.75 Å². The Labute approximate surface area is 160 Å². The topological polar surface area (TPSA) is 90.5 Å². The number of aromatic nitrogens is 4. The van der Waals surface area contributed by atoms with Crippen molar-refractivity contribution < 1.29 is 9.53 Å². The Hall–Kier alpha value is -2.81. The smallest absolute Gasteiger partial charge is 0.367 e. The summed E-state index contributed by atoms with van der Waals surface area (Å²) in [6.07, 6.45) is 0. The summed E-state index contributed by atoms with van der Waals surface area (Å²) in [5.74, 6) is 0.206. The molecular weight excluding hydrogens is 366 g/mol. The van der Waals surface area contributed by atoms with E-state index < -0.39 is 5.69 Å².